The maximum Gasteiger partial charge on any atom is 0.335 e. The van der Waals surface area contributed by atoms with E-state index >= 15 is 0 Å². The molecule has 21 heavy (non-hydrogen) atoms. The van der Waals surface area contributed by atoms with Crippen molar-refractivity contribution in [3.05, 3.63) is 34.9 Å². The van der Waals surface area contributed by atoms with Crippen LogP contribution in [0, 0.1) is 6.92 Å². The van der Waals surface area contributed by atoms with Gasteiger partial charge in [-0.05, 0) is 49.9 Å². The van der Waals surface area contributed by atoms with Crippen molar-refractivity contribution >= 4 is 11.9 Å². The Bertz CT molecular complexity index is 592. The molecule has 1 aliphatic carbocycles. The minimum absolute atomic E-state index is 0.101. The molecule has 1 aromatic rings. The van der Waals surface area contributed by atoms with E-state index in [9.17, 15) is 9.59 Å². The van der Waals surface area contributed by atoms with E-state index in [0.29, 0.717) is 25.3 Å². The Kier molecular flexibility index (Phi) is 3.45. The molecule has 1 heterocycles. The number of rotatable bonds is 2. The number of amides is 1. The Morgan fingerprint density at radius 2 is 1.95 bits per heavy atom. The lowest BCUT2D eigenvalue weighted by atomic mass is 9.78. The Morgan fingerprint density at radius 3 is 2.57 bits per heavy atom. The summed E-state index contributed by atoms with van der Waals surface area (Å²) in [5.41, 5.74) is 1.24. The molecule has 1 aliphatic heterocycles. The second-order valence-corrected chi connectivity index (χ2v) is 6.00. The lowest BCUT2D eigenvalue weighted by molar-refractivity contribution is -0.142. The van der Waals surface area contributed by atoms with Gasteiger partial charge >= 0.3 is 5.97 Å². The van der Waals surface area contributed by atoms with Gasteiger partial charge in [0.1, 0.15) is 0 Å². The van der Waals surface area contributed by atoms with Crippen molar-refractivity contribution in [2.24, 2.45) is 0 Å². The fourth-order valence-electron chi connectivity index (χ4n) is 3.10. The predicted molar refractivity (Wildman–Crippen MR) is 76.6 cm³/mol. The average Bonchev–Trinajstić information content (AvgIpc) is 2.44. The molecule has 2 fully saturated rings. The van der Waals surface area contributed by atoms with Crippen molar-refractivity contribution < 1.29 is 19.4 Å². The monoisotopic (exact) mass is 289 g/mol. The maximum absolute atomic E-state index is 12.6. The van der Waals surface area contributed by atoms with E-state index in [-0.39, 0.29) is 17.1 Å². The first-order valence-corrected chi connectivity index (χ1v) is 7.27. The highest BCUT2D eigenvalue weighted by Gasteiger charge is 2.43. The third-order valence-corrected chi connectivity index (χ3v) is 4.37. The number of aromatic carboxylic acids is 1. The van der Waals surface area contributed by atoms with E-state index in [4.69, 9.17) is 9.84 Å². The summed E-state index contributed by atoms with van der Waals surface area (Å²) in [5.74, 6) is -1.11. The SMILES string of the molecule is Cc1cc(C(=O)O)cc(C(=O)N2CCOC3(CCC3)C2)c1. The third kappa shape index (κ3) is 2.65. The average molecular weight is 289 g/mol. The van der Waals surface area contributed by atoms with Crippen LogP contribution in [0.2, 0.25) is 0 Å². The van der Waals surface area contributed by atoms with E-state index in [1.165, 1.54) is 6.07 Å². The predicted octanol–water partition coefficient (Wildman–Crippen LogP) is 2.09. The number of benzene rings is 1. The zero-order chi connectivity index (χ0) is 15.0. The highest BCUT2D eigenvalue weighted by atomic mass is 16.5. The molecule has 1 N–H and O–H groups in total. The van der Waals surface area contributed by atoms with Gasteiger partial charge in [0.05, 0.1) is 24.3 Å². The Morgan fingerprint density at radius 1 is 1.24 bits per heavy atom. The largest absolute Gasteiger partial charge is 0.478 e. The van der Waals surface area contributed by atoms with Crippen LogP contribution >= 0.6 is 0 Å². The summed E-state index contributed by atoms with van der Waals surface area (Å²) >= 11 is 0. The van der Waals surface area contributed by atoms with Gasteiger partial charge in [-0.3, -0.25) is 4.79 Å². The van der Waals surface area contributed by atoms with Crippen molar-refractivity contribution in [3.63, 3.8) is 0 Å². The second-order valence-electron chi connectivity index (χ2n) is 6.00. The number of carboxylic acid groups (broad SMARTS) is 1. The zero-order valence-electron chi connectivity index (χ0n) is 12.1. The Hall–Kier alpha value is -1.88. The molecule has 1 aromatic carbocycles. The molecule has 1 spiro atoms. The topological polar surface area (TPSA) is 66.8 Å². The summed E-state index contributed by atoms with van der Waals surface area (Å²) < 4.78 is 5.82. The Labute approximate surface area is 123 Å². The van der Waals surface area contributed by atoms with Gasteiger partial charge in [0.2, 0.25) is 0 Å². The number of carboxylic acids is 1. The lowest BCUT2D eigenvalue weighted by Crippen LogP contribution is -2.57. The van der Waals surface area contributed by atoms with E-state index in [2.05, 4.69) is 0 Å². The zero-order valence-corrected chi connectivity index (χ0v) is 12.1. The molecule has 3 rings (SSSR count). The van der Waals surface area contributed by atoms with Crippen LogP contribution in [-0.2, 0) is 4.74 Å². The first kappa shape index (κ1) is 14.1. The van der Waals surface area contributed by atoms with Crippen LogP contribution in [0.1, 0.15) is 45.5 Å². The fraction of sp³-hybridized carbons (Fsp3) is 0.500. The van der Waals surface area contributed by atoms with Crippen LogP contribution in [0.3, 0.4) is 0 Å². The smallest absolute Gasteiger partial charge is 0.335 e. The lowest BCUT2D eigenvalue weighted by Gasteiger charge is -2.48. The van der Waals surface area contributed by atoms with Crippen molar-refractivity contribution in [3.8, 4) is 0 Å². The molecule has 0 unspecified atom stereocenters. The van der Waals surface area contributed by atoms with Crippen LogP contribution in [0.25, 0.3) is 0 Å². The van der Waals surface area contributed by atoms with Crippen LogP contribution in [-0.4, -0.2) is 47.2 Å². The van der Waals surface area contributed by atoms with Crippen molar-refractivity contribution in [1.82, 2.24) is 4.90 Å². The number of hydrogen-bond donors (Lipinski definition) is 1. The van der Waals surface area contributed by atoms with Crippen LogP contribution in [0.4, 0.5) is 0 Å². The molecule has 1 saturated carbocycles. The van der Waals surface area contributed by atoms with E-state index < -0.39 is 5.97 Å². The van der Waals surface area contributed by atoms with Crippen LogP contribution < -0.4 is 0 Å². The number of carbonyl (C=O) groups is 2. The third-order valence-electron chi connectivity index (χ3n) is 4.37. The molecule has 0 atom stereocenters. The van der Waals surface area contributed by atoms with Crippen LogP contribution in [0.5, 0.6) is 0 Å². The molecule has 1 amide bonds. The highest BCUT2D eigenvalue weighted by Crippen LogP contribution is 2.38. The van der Waals surface area contributed by atoms with Gasteiger partial charge in [0.15, 0.2) is 0 Å². The highest BCUT2D eigenvalue weighted by molar-refractivity contribution is 5.98. The fourth-order valence-corrected chi connectivity index (χ4v) is 3.10. The maximum atomic E-state index is 12.6. The van der Waals surface area contributed by atoms with Crippen molar-refractivity contribution in [2.75, 3.05) is 19.7 Å². The van der Waals surface area contributed by atoms with Gasteiger partial charge in [-0.15, -0.1) is 0 Å². The first-order valence-electron chi connectivity index (χ1n) is 7.27. The van der Waals surface area contributed by atoms with Gasteiger partial charge < -0.3 is 14.7 Å². The molecule has 112 valence electrons. The molecule has 0 bridgehead atoms. The van der Waals surface area contributed by atoms with Gasteiger partial charge in [-0.25, -0.2) is 4.79 Å². The van der Waals surface area contributed by atoms with Gasteiger partial charge in [-0.1, -0.05) is 0 Å². The molecule has 0 radical (unpaired) electrons. The summed E-state index contributed by atoms with van der Waals surface area (Å²) in [7, 11) is 0. The number of ether oxygens (including phenoxy) is 1. The standard InChI is InChI=1S/C16H19NO4/c1-11-7-12(9-13(8-11)15(19)20)14(18)17-5-6-21-16(10-17)3-2-4-16/h7-9H,2-6,10H2,1H3,(H,19,20). The molecular formula is C16H19NO4. The molecule has 5 heteroatoms. The van der Waals surface area contributed by atoms with E-state index in [1.54, 1.807) is 24.0 Å². The number of morpholine rings is 1. The van der Waals surface area contributed by atoms with Gasteiger partial charge in [0, 0.05) is 12.1 Å². The normalized spacial score (nSPS) is 20.1. The van der Waals surface area contributed by atoms with Crippen molar-refractivity contribution in [2.45, 2.75) is 31.8 Å². The molecule has 2 aliphatic rings. The summed E-state index contributed by atoms with van der Waals surface area (Å²) in [6, 6.07) is 4.78. The van der Waals surface area contributed by atoms with Crippen LogP contribution in [0.15, 0.2) is 18.2 Å². The number of carbonyl (C=O) groups excluding carboxylic acids is 1. The van der Waals surface area contributed by atoms with E-state index in [1.807, 2.05) is 0 Å². The van der Waals surface area contributed by atoms with E-state index in [0.717, 1.165) is 24.8 Å². The Balaban J connectivity index is 1.83. The summed E-state index contributed by atoms with van der Waals surface area (Å²) in [4.78, 5) is 25.5. The number of aryl methyl sites for hydroxylation is 1. The number of nitrogens with zero attached hydrogens (tertiary/aromatic N) is 1. The summed E-state index contributed by atoms with van der Waals surface area (Å²) in [5, 5.41) is 9.11. The molecule has 0 aromatic heterocycles. The number of hydrogen-bond acceptors (Lipinski definition) is 3. The molecule has 1 saturated heterocycles. The van der Waals surface area contributed by atoms with Gasteiger partial charge in [0.25, 0.3) is 5.91 Å². The molecular weight excluding hydrogens is 270 g/mol. The minimum atomic E-state index is -1.01. The first-order chi connectivity index (χ1) is 9.99. The quantitative estimate of drug-likeness (QED) is 0.905. The minimum Gasteiger partial charge on any atom is -0.478 e. The second kappa shape index (κ2) is 5.15. The summed E-state index contributed by atoms with van der Waals surface area (Å²) in [6.45, 7) is 3.54. The van der Waals surface area contributed by atoms with Crippen molar-refractivity contribution in [1.29, 1.82) is 0 Å². The molecule has 5 nitrogen and oxygen atoms in total. The van der Waals surface area contributed by atoms with Gasteiger partial charge in [-0.2, -0.15) is 0 Å². The summed E-state index contributed by atoms with van der Waals surface area (Å²) in [6.07, 6.45) is 3.16.